The summed E-state index contributed by atoms with van der Waals surface area (Å²) in [5, 5.41) is 0.517. The van der Waals surface area contributed by atoms with E-state index < -0.39 is 0 Å². The van der Waals surface area contributed by atoms with Crippen molar-refractivity contribution in [2.24, 2.45) is 0 Å². The second kappa shape index (κ2) is 5.52. The fourth-order valence-electron chi connectivity index (χ4n) is 1.60. The lowest BCUT2D eigenvalue weighted by Crippen LogP contribution is -2.17. The van der Waals surface area contributed by atoms with Gasteiger partial charge in [0.1, 0.15) is 11.0 Å². The molecule has 0 N–H and O–H groups in total. The minimum absolute atomic E-state index is 0.517. The Bertz CT molecular complexity index is 516. The molecule has 1 aromatic carbocycles. The zero-order valence-corrected chi connectivity index (χ0v) is 11.7. The Morgan fingerprint density at radius 2 is 2.00 bits per heavy atom. The highest BCUT2D eigenvalue weighted by Gasteiger charge is 2.04. The van der Waals surface area contributed by atoms with Crippen LogP contribution in [0.5, 0.6) is 0 Å². The second-order valence-electron chi connectivity index (χ2n) is 3.80. The maximum Gasteiger partial charge on any atom is 0.131 e. The fourth-order valence-corrected chi connectivity index (χ4v) is 2.21. The first-order chi connectivity index (χ1) is 8.15. The van der Waals surface area contributed by atoms with Crippen LogP contribution in [0.15, 0.2) is 46.9 Å². The molecule has 0 atom stereocenters. The Balaban J connectivity index is 2.14. The smallest absolute Gasteiger partial charge is 0.131 e. The van der Waals surface area contributed by atoms with Crippen molar-refractivity contribution in [3.8, 4) is 0 Å². The number of benzene rings is 1. The fraction of sp³-hybridized carbons (Fsp3) is 0.154. The molecule has 88 valence electrons. The summed E-state index contributed by atoms with van der Waals surface area (Å²) in [5.74, 6) is 0.873. The van der Waals surface area contributed by atoms with Gasteiger partial charge in [-0.25, -0.2) is 4.98 Å². The predicted molar refractivity (Wildman–Crippen MR) is 75.5 cm³/mol. The highest BCUT2D eigenvalue weighted by atomic mass is 79.9. The van der Waals surface area contributed by atoms with Gasteiger partial charge in [0.05, 0.1) is 0 Å². The SMILES string of the molecule is CN(Cc1cccc(Br)c1)c1cccc(Cl)n1. The normalized spacial score (nSPS) is 10.3. The van der Waals surface area contributed by atoms with E-state index in [1.807, 2.05) is 31.3 Å². The summed E-state index contributed by atoms with van der Waals surface area (Å²) in [6, 6.07) is 13.9. The number of hydrogen-bond donors (Lipinski definition) is 0. The van der Waals surface area contributed by atoms with E-state index in [0.717, 1.165) is 16.8 Å². The Labute approximate surface area is 114 Å². The van der Waals surface area contributed by atoms with Crippen LogP contribution < -0.4 is 4.90 Å². The van der Waals surface area contributed by atoms with E-state index in [4.69, 9.17) is 11.6 Å². The largest absolute Gasteiger partial charge is 0.355 e. The second-order valence-corrected chi connectivity index (χ2v) is 5.11. The van der Waals surface area contributed by atoms with Gasteiger partial charge in [-0.3, -0.25) is 0 Å². The molecule has 0 aliphatic carbocycles. The van der Waals surface area contributed by atoms with Gasteiger partial charge in [0.25, 0.3) is 0 Å². The average Bonchev–Trinajstić information content (AvgIpc) is 2.29. The van der Waals surface area contributed by atoms with Gasteiger partial charge in [-0.1, -0.05) is 45.7 Å². The number of hydrogen-bond acceptors (Lipinski definition) is 2. The molecule has 0 aliphatic rings. The summed E-state index contributed by atoms with van der Waals surface area (Å²) in [6.07, 6.45) is 0. The van der Waals surface area contributed by atoms with Crippen molar-refractivity contribution in [2.45, 2.75) is 6.54 Å². The molecule has 2 rings (SSSR count). The third kappa shape index (κ3) is 3.45. The molecule has 1 aromatic heterocycles. The lowest BCUT2D eigenvalue weighted by molar-refractivity contribution is 0.897. The van der Waals surface area contributed by atoms with Crippen molar-refractivity contribution in [3.63, 3.8) is 0 Å². The van der Waals surface area contributed by atoms with Crippen LogP contribution in [0.2, 0.25) is 5.15 Å². The first-order valence-corrected chi connectivity index (χ1v) is 6.40. The van der Waals surface area contributed by atoms with Crippen molar-refractivity contribution >= 4 is 33.3 Å². The van der Waals surface area contributed by atoms with Crippen LogP contribution in [0.1, 0.15) is 5.56 Å². The van der Waals surface area contributed by atoms with Crippen LogP contribution >= 0.6 is 27.5 Å². The monoisotopic (exact) mass is 310 g/mol. The molecule has 0 spiro atoms. The summed E-state index contributed by atoms with van der Waals surface area (Å²) in [4.78, 5) is 6.33. The topological polar surface area (TPSA) is 16.1 Å². The van der Waals surface area contributed by atoms with Crippen LogP contribution in [-0.2, 0) is 6.54 Å². The quantitative estimate of drug-likeness (QED) is 0.792. The van der Waals surface area contributed by atoms with Gasteiger partial charge in [0.15, 0.2) is 0 Å². The van der Waals surface area contributed by atoms with Crippen LogP contribution in [0.3, 0.4) is 0 Å². The van der Waals surface area contributed by atoms with Crippen molar-refractivity contribution in [3.05, 3.63) is 57.7 Å². The molecule has 2 nitrogen and oxygen atoms in total. The van der Waals surface area contributed by atoms with E-state index in [0.29, 0.717) is 5.15 Å². The number of rotatable bonds is 3. The molecular formula is C13H12BrClN2. The molecule has 0 saturated carbocycles. The van der Waals surface area contributed by atoms with Gasteiger partial charge in [0.2, 0.25) is 0 Å². The van der Waals surface area contributed by atoms with E-state index in [9.17, 15) is 0 Å². The third-order valence-electron chi connectivity index (χ3n) is 2.40. The minimum Gasteiger partial charge on any atom is -0.355 e. The summed E-state index contributed by atoms with van der Waals surface area (Å²) >= 11 is 9.34. The predicted octanol–water partition coefficient (Wildman–Crippen LogP) is 4.13. The third-order valence-corrected chi connectivity index (χ3v) is 3.10. The molecule has 1 heterocycles. The number of pyridine rings is 1. The number of anilines is 1. The first-order valence-electron chi connectivity index (χ1n) is 5.23. The Morgan fingerprint density at radius 1 is 1.24 bits per heavy atom. The van der Waals surface area contributed by atoms with Crippen LogP contribution in [0.4, 0.5) is 5.82 Å². The Morgan fingerprint density at radius 3 is 2.71 bits per heavy atom. The van der Waals surface area contributed by atoms with Crippen LogP contribution in [0.25, 0.3) is 0 Å². The highest BCUT2D eigenvalue weighted by Crippen LogP contribution is 2.17. The van der Waals surface area contributed by atoms with Gasteiger partial charge in [0, 0.05) is 18.1 Å². The van der Waals surface area contributed by atoms with E-state index in [1.165, 1.54) is 5.56 Å². The summed E-state index contributed by atoms with van der Waals surface area (Å²) < 4.78 is 1.09. The molecule has 0 saturated heterocycles. The number of halogens is 2. The zero-order valence-electron chi connectivity index (χ0n) is 9.40. The lowest BCUT2D eigenvalue weighted by atomic mass is 10.2. The Kier molecular flexibility index (Phi) is 4.02. The summed E-state index contributed by atoms with van der Waals surface area (Å²) in [7, 11) is 2.00. The van der Waals surface area contributed by atoms with Gasteiger partial charge >= 0.3 is 0 Å². The van der Waals surface area contributed by atoms with Crippen molar-refractivity contribution < 1.29 is 0 Å². The molecule has 0 bridgehead atoms. The summed E-state index contributed by atoms with van der Waals surface area (Å²) in [6.45, 7) is 0.798. The Hall–Kier alpha value is -1.06. The van der Waals surface area contributed by atoms with Crippen molar-refractivity contribution in [2.75, 3.05) is 11.9 Å². The van der Waals surface area contributed by atoms with Gasteiger partial charge in [-0.2, -0.15) is 0 Å². The van der Waals surface area contributed by atoms with Crippen molar-refractivity contribution in [1.29, 1.82) is 0 Å². The molecule has 2 aromatic rings. The summed E-state index contributed by atoms with van der Waals surface area (Å²) in [5.41, 5.74) is 1.23. The van der Waals surface area contributed by atoms with Gasteiger partial charge < -0.3 is 4.90 Å². The lowest BCUT2D eigenvalue weighted by Gasteiger charge is -2.18. The van der Waals surface area contributed by atoms with E-state index in [-0.39, 0.29) is 0 Å². The highest BCUT2D eigenvalue weighted by molar-refractivity contribution is 9.10. The number of nitrogens with zero attached hydrogens (tertiary/aromatic N) is 2. The molecule has 17 heavy (non-hydrogen) atoms. The zero-order chi connectivity index (χ0) is 12.3. The van der Waals surface area contributed by atoms with Gasteiger partial charge in [-0.05, 0) is 29.8 Å². The van der Waals surface area contributed by atoms with E-state index in [2.05, 4.69) is 37.9 Å². The van der Waals surface area contributed by atoms with E-state index in [1.54, 1.807) is 6.07 Å². The standard InChI is InChI=1S/C13H12BrClN2/c1-17(13-7-3-6-12(15)16-13)9-10-4-2-5-11(14)8-10/h2-8H,9H2,1H3. The molecule has 0 radical (unpaired) electrons. The molecule has 0 unspecified atom stereocenters. The number of aromatic nitrogens is 1. The van der Waals surface area contributed by atoms with Gasteiger partial charge in [-0.15, -0.1) is 0 Å². The van der Waals surface area contributed by atoms with Crippen LogP contribution in [-0.4, -0.2) is 12.0 Å². The average molecular weight is 312 g/mol. The molecule has 4 heteroatoms. The molecule has 0 fully saturated rings. The van der Waals surface area contributed by atoms with E-state index >= 15 is 0 Å². The maximum atomic E-state index is 5.87. The van der Waals surface area contributed by atoms with Crippen LogP contribution in [0, 0.1) is 0 Å². The maximum absolute atomic E-state index is 5.87. The first kappa shape index (κ1) is 12.4. The van der Waals surface area contributed by atoms with Crippen molar-refractivity contribution in [1.82, 2.24) is 4.98 Å². The molecule has 0 amide bonds. The minimum atomic E-state index is 0.517. The molecule has 0 aliphatic heterocycles. The molecular weight excluding hydrogens is 300 g/mol.